The van der Waals surface area contributed by atoms with Gasteiger partial charge in [0.2, 0.25) is 0 Å². The van der Waals surface area contributed by atoms with Gasteiger partial charge in [0.1, 0.15) is 17.9 Å². The number of carbonyl (C=O) groups is 6. The molecule has 0 spiro atoms. The number of ether oxygens (including phenoxy) is 1. The van der Waals surface area contributed by atoms with Crippen LogP contribution in [-0.4, -0.2) is 68.5 Å². The van der Waals surface area contributed by atoms with E-state index in [-0.39, 0.29) is 220 Å². The summed E-state index contributed by atoms with van der Waals surface area (Å²) in [7, 11) is 0. The third kappa shape index (κ3) is 27.4. The van der Waals surface area contributed by atoms with Crippen LogP contribution in [-0.2, 0) is 35.1 Å². The number of nitrogens with one attached hydrogen (secondary N) is 1. The number of rotatable bonds is 20. The van der Waals surface area contributed by atoms with Crippen LogP contribution in [0, 0.1) is 0 Å². The zero-order chi connectivity index (χ0) is 27.3. The fourth-order valence-corrected chi connectivity index (χ4v) is 3.09. The molecule has 4 amide bonds. The number of nitrogens with zero attached hydrogens (tertiary/aromatic N) is 3. The molecule has 0 fully saturated rings. The zero-order valence-corrected chi connectivity index (χ0v) is 39.0. The molecule has 0 saturated carbocycles. The van der Waals surface area contributed by atoms with Gasteiger partial charge in [-0.1, -0.05) is 43.7 Å². The molecule has 1 aromatic rings. The second kappa shape index (κ2) is 30.8. The van der Waals surface area contributed by atoms with E-state index in [2.05, 4.69) is 21.3 Å². The van der Waals surface area contributed by atoms with Crippen LogP contribution in [0.1, 0.15) is 58.9 Å². The van der Waals surface area contributed by atoms with Crippen molar-refractivity contribution in [3.63, 3.8) is 0 Å². The van der Waals surface area contributed by atoms with Crippen LogP contribution < -0.4 is 180 Å². The number of unbranched alkanes of at least 4 members (excludes halogenated alkanes) is 3. The van der Waals surface area contributed by atoms with Crippen molar-refractivity contribution in [2.45, 2.75) is 58.3 Å². The predicted octanol–water partition coefficient (Wildman–Crippen LogP) is -4.89. The number of carbonyl (C=O) groups excluding carboxylic acids is 6. The monoisotopic (exact) mass is 772 g/mol. The Bertz CT molecular complexity index is 910. The van der Waals surface area contributed by atoms with Crippen LogP contribution in [0.4, 0.5) is 10.5 Å². The summed E-state index contributed by atoms with van der Waals surface area (Å²) >= 11 is 0. The molecule has 11 nitrogen and oxygen atoms in total. The van der Waals surface area contributed by atoms with Crippen molar-refractivity contribution >= 4 is 41.4 Å². The molecule has 0 aliphatic carbocycles. The summed E-state index contributed by atoms with van der Waals surface area (Å²) in [5.74, 6) is -1.59. The Hall–Kier alpha value is 1.82. The number of amides is 4. The number of hydrogen-bond donors (Lipinski definition) is 1. The summed E-state index contributed by atoms with van der Waals surface area (Å²) in [6.45, 7) is 2.87. The van der Waals surface area contributed by atoms with Gasteiger partial charge in [0, 0.05) is 33.9 Å². The van der Waals surface area contributed by atoms with Crippen molar-refractivity contribution in [2.24, 2.45) is 0 Å². The van der Waals surface area contributed by atoms with E-state index in [0.717, 1.165) is 25.5 Å². The van der Waals surface area contributed by atoms with Gasteiger partial charge in [-0.25, -0.2) is 0 Å². The van der Waals surface area contributed by atoms with Gasteiger partial charge in [0.05, 0.1) is 18.2 Å². The van der Waals surface area contributed by atoms with E-state index in [1.807, 2.05) is 0 Å². The molecule has 0 heterocycles. The van der Waals surface area contributed by atoms with Crippen LogP contribution in [0.15, 0.2) is 24.3 Å². The van der Waals surface area contributed by atoms with E-state index < -0.39 is 18.2 Å². The molecule has 0 unspecified atom stereocenters. The van der Waals surface area contributed by atoms with Crippen molar-refractivity contribution < 1.29 is 209 Å². The zero-order valence-electron chi connectivity index (χ0n) is 24.3. The van der Waals surface area contributed by atoms with Crippen LogP contribution >= 0.6 is 0 Å². The van der Waals surface area contributed by atoms with Crippen molar-refractivity contribution in [3.8, 4) is 0 Å². The van der Waals surface area contributed by atoms with Gasteiger partial charge in [0.25, 0.3) is 0 Å². The van der Waals surface area contributed by atoms with E-state index in [4.69, 9.17) is 4.74 Å². The van der Waals surface area contributed by atoms with Gasteiger partial charge >= 0.3 is 175 Å². The molecule has 0 bridgehead atoms. The first-order chi connectivity index (χ1) is 17.8. The average molecular weight is 774 g/mol. The molecule has 1 aromatic carbocycles. The molecule has 1 rings (SSSR count). The van der Waals surface area contributed by atoms with Gasteiger partial charge in [-0.3, -0.25) is 14.4 Å². The number of urea groups is 1. The van der Waals surface area contributed by atoms with Crippen LogP contribution in [0.25, 0.3) is 16.0 Å². The number of hydrogen-bond acceptors (Lipinski definition) is 7. The summed E-state index contributed by atoms with van der Waals surface area (Å²) in [5, 5.41) is 14.2. The summed E-state index contributed by atoms with van der Waals surface area (Å²) in [4.78, 5) is 68.2. The first-order valence-corrected chi connectivity index (χ1v) is 12.3. The van der Waals surface area contributed by atoms with Crippen molar-refractivity contribution in [1.82, 2.24) is 5.32 Å². The smallest absolute Gasteiger partial charge is 0.651 e. The molecule has 0 aromatic heterocycles. The fraction of sp³-hybridized carbons (Fsp3) is 0.538. The number of Topliss-reactive ketones (excluding diaryl/α,β-unsaturated/α-hetero) is 2. The summed E-state index contributed by atoms with van der Waals surface area (Å²) < 4.78 is 5.35. The second-order valence-electron chi connectivity index (χ2n) is 8.31. The maximum atomic E-state index is 12.0. The Balaban J connectivity index is -0.00000171. The van der Waals surface area contributed by atoms with Gasteiger partial charge in [-0.2, -0.15) is 0 Å². The Morgan fingerprint density at radius 2 is 1.55 bits per heavy atom. The Labute approximate surface area is 384 Å². The largest absolute Gasteiger partial charge is 1.00 e. The van der Waals surface area contributed by atoms with Crippen molar-refractivity contribution in [2.75, 3.05) is 32.8 Å². The van der Waals surface area contributed by atoms with E-state index in [1.54, 1.807) is 24.3 Å². The molecule has 1 N–H and O–H groups in total. The van der Waals surface area contributed by atoms with Crippen LogP contribution in [0.5, 0.6) is 0 Å². The number of aldehydes is 1. The Kier molecular flexibility index (Phi) is 35.6. The molecule has 40 heavy (non-hydrogen) atoms. The quantitative estimate of drug-likeness (QED) is 0.0789. The minimum atomic E-state index is -0.629. The minimum absolute atomic E-state index is 0. The molecule has 0 aliphatic rings. The molecule has 0 atom stereocenters. The third-order valence-electron chi connectivity index (χ3n) is 4.84. The van der Waals surface area contributed by atoms with E-state index >= 15 is 0 Å². The van der Waals surface area contributed by atoms with Gasteiger partial charge in [0.15, 0.2) is 6.03 Å². The normalized spacial score (nSPS) is 9.53. The maximum Gasteiger partial charge on any atom is 1.00 e. The molecular weight excluding hydrogens is 737 g/mol. The molecule has 14 heteroatoms. The fourth-order valence-electron chi connectivity index (χ4n) is 3.09. The van der Waals surface area contributed by atoms with Gasteiger partial charge < -0.3 is 40.4 Å². The first kappa shape index (κ1) is 46.2. The van der Waals surface area contributed by atoms with Crippen molar-refractivity contribution in [3.05, 3.63) is 45.8 Å². The van der Waals surface area contributed by atoms with Crippen molar-refractivity contribution in [1.29, 1.82) is 0 Å². The summed E-state index contributed by atoms with van der Waals surface area (Å²) in [5.41, 5.74) is 1.07. The average Bonchev–Trinajstić information content (AvgIpc) is 2.83. The molecule has 0 radical (unpaired) electrons. The van der Waals surface area contributed by atoms with Crippen LogP contribution in [0.2, 0.25) is 0 Å². The summed E-state index contributed by atoms with van der Waals surface area (Å²) in [6, 6.07) is 6.05. The van der Waals surface area contributed by atoms with E-state index in [1.165, 1.54) is 6.92 Å². The number of ketones is 2. The van der Waals surface area contributed by atoms with Crippen LogP contribution in [0.3, 0.4) is 0 Å². The Morgan fingerprint density at radius 1 is 0.850 bits per heavy atom. The molecule has 206 valence electrons. The minimum Gasteiger partial charge on any atom is -0.651 e. The SMILES string of the molecule is CC(=O)CC(=O)Cc1ccc([N-]C(=O)CC(=O)[N-]CCOCCC[N-]C(=O)NCCCCCC=O)cc1.[HH].[Rb+].[Rb+].[Rb+]. The Morgan fingerprint density at radius 3 is 2.20 bits per heavy atom. The predicted molar refractivity (Wildman–Crippen MR) is 140 cm³/mol. The standard InChI is InChI=1S/C26H38N4O7.3Rb.H2/c1-20(32)17-23(33)18-21-7-9-22(10-8-21)30-25(35)19-24(34)27-13-16-37-15-6-12-29-26(36)28-11-4-2-3-5-14-31;;;;/h7-10,14H,2-6,11-13,15-19H2,1H3,(H4,27,28,29,30,34,35,36);;;;1H/q;3*+1;/p-3. The molecule has 0 aliphatic heterocycles. The van der Waals surface area contributed by atoms with E-state index in [9.17, 15) is 28.8 Å². The van der Waals surface area contributed by atoms with E-state index in [0.29, 0.717) is 43.8 Å². The third-order valence-corrected chi connectivity index (χ3v) is 4.84. The summed E-state index contributed by atoms with van der Waals surface area (Å²) in [6.07, 6.45) is 4.04. The topological polar surface area (TPSA) is 166 Å². The van der Waals surface area contributed by atoms with Gasteiger partial charge in [-0.15, -0.1) is 12.2 Å². The molecule has 0 saturated heterocycles. The maximum absolute atomic E-state index is 12.0. The first-order valence-electron chi connectivity index (χ1n) is 12.3. The second-order valence-corrected chi connectivity index (χ2v) is 8.31. The molecular formula is C26H37N4O7Rb3. The van der Waals surface area contributed by atoms with Gasteiger partial charge in [-0.05, 0) is 31.9 Å². The number of benzene rings is 1.